The van der Waals surface area contributed by atoms with Crippen LogP contribution in [0, 0.1) is 10.1 Å². The summed E-state index contributed by atoms with van der Waals surface area (Å²) >= 11 is 6.57. The molecule has 2 aromatic rings. The molecule has 108 valence electrons. The van der Waals surface area contributed by atoms with Crippen molar-refractivity contribution in [1.29, 1.82) is 0 Å². The molecular formula is C13H9Br2N3O3. The zero-order chi connectivity index (χ0) is 15.6. The number of benzene rings is 2. The van der Waals surface area contributed by atoms with E-state index < -0.39 is 4.92 Å². The van der Waals surface area contributed by atoms with Crippen LogP contribution >= 0.6 is 31.9 Å². The minimum Gasteiger partial charge on any atom is -0.397 e. The summed E-state index contributed by atoms with van der Waals surface area (Å²) in [6.45, 7) is 0. The number of nitrogens with one attached hydrogen (secondary N) is 1. The molecule has 8 heteroatoms. The van der Waals surface area contributed by atoms with E-state index in [1.165, 1.54) is 24.3 Å². The molecule has 1 amide bonds. The number of halogens is 2. The molecule has 0 bridgehead atoms. The summed E-state index contributed by atoms with van der Waals surface area (Å²) in [4.78, 5) is 22.1. The monoisotopic (exact) mass is 413 g/mol. The van der Waals surface area contributed by atoms with E-state index in [-0.39, 0.29) is 11.6 Å². The summed E-state index contributed by atoms with van der Waals surface area (Å²) in [5, 5.41) is 13.3. The van der Waals surface area contributed by atoms with Gasteiger partial charge in [0.1, 0.15) is 0 Å². The summed E-state index contributed by atoms with van der Waals surface area (Å²) in [6, 6.07) is 8.70. The van der Waals surface area contributed by atoms with Gasteiger partial charge in [-0.3, -0.25) is 14.9 Å². The molecule has 0 saturated heterocycles. The molecule has 0 aliphatic heterocycles. The molecule has 0 unspecified atom stereocenters. The van der Waals surface area contributed by atoms with Crippen LogP contribution in [-0.2, 0) is 0 Å². The van der Waals surface area contributed by atoms with Gasteiger partial charge in [-0.2, -0.15) is 0 Å². The Labute approximate surface area is 136 Å². The van der Waals surface area contributed by atoms with Gasteiger partial charge in [-0.05, 0) is 56.1 Å². The van der Waals surface area contributed by atoms with Gasteiger partial charge in [0.25, 0.3) is 11.6 Å². The molecule has 2 rings (SSSR count). The van der Waals surface area contributed by atoms with Crippen LogP contribution in [0.2, 0.25) is 0 Å². The van der Waals surface area contributed by atoms with Gasteiger partial charge < -0.3 is 11.1 Å². The Morgan fingerprint density at radius 2 is 1.67 bits per heavy atom. The lowest BCUT2D eigenvalue weighted by Crippen LogP contribution is -2.12. The zero-order valence-electron chi connectivity index (χ0n) is 10.5. The fourth-order valence-corrected chi connectivity index (χ4v) is 2.78. The number of nitro benzene ring substituents is 1. The summed E-state index contributed by atoms with van der Waals surface area (Å²) in [5.74, 6) is -0.367. The van der Waals surface area contributed by atoms with Gasteiger partial charge in [-0.25, -0.2) is 0 Å². The Hall–Kier alpha value is -1.93. The van der Waals surface area contributed by atoms with Crippen molar-refractivity contribution >= 4 is 54.8 Å². The number of hydrogen-bond donors (Lipinski definition) is 2. The zero-order valence-corrected chi connectivity index (χ0v) is 13.6. The highest BCUT2D eigenvalue weighted by molar-refractivity contribution is 9.11. The number of hydrogen-bond acceptors (Lipinski definition) is 4. The van der Waals surface area contributed by atoms with Gasteiger partial charge in [-0.15, -0.1) is 0 Å². The SMILES string of the molecule is Nc1c(Br)cc(NC(=O)c2ccc([N+](=O)[O-])cc2)cc1Br. The number of nitrogen functional groups attached to an aromatic ring is 1. The van der Waals surface area contributed by atoms with Crippen molar-refractivity contribution in [3.05, 3.63) is 61.0 Å². The molecule has 0 heterocycles. The van der Waals surface area contributed by atoms with Crippen LogP contribution in [0.25, 0.3) is 0 Å². The highest BCUT2D eigenvalue weighted by atomic mass is 79.9. The van der Waals surface area contributed by atoms with Crippen molar-refractivity contribution in [2.24, 2.45) is 0 Å². The highest BCUT2D eigenvalue weighted by Gasteiger charge is 2.11. The van der Waals surface area contributed by atoms with Crippen molar-refractivity contribution in [3.63, 3.8) is 0 Å². The summed E-state index contributed by atoms with van der Waals surface area (Å²) < 4.78 is 1.30. The van der Waals surface area contributed by atoms with E-state index >= 15 is 0 Å². The van der Waals surface area contributed by atoms with Gasteiger partial charge in [0.15, 0.2) is 0 Å². The standard InChI is InChI=1S/C13H9Br2N3O3/c14-10-5-8(6-11(15)12(10)16)17-13(19)7-1-3-9(4-2-7)18(20)21/h1-6H,16H2,(H,17,19). The first-order valence-electron chi connectivity index (χ1n) is 5.69. The maximum Gasteiger partial charge on any atom is 0.269 e. The van der Waals surface area contributed by atoms with Crippen molar-refractivity contribution in [2.45, 2.75) is 0 Å². The second-order valence-corrected chi connectivity index (χ2v) is 5.82. The second-order valence-electron chi connectivity index (χ2n) is 4.11. The van der Waals surface area contributed by atoms with E-state index in [0.29, 0.717) is 25.9 Å². The van der Waals surface area contributed by atoms with Crippen LogP contribution < -0.4 is 11.1 Å². The molecule has 6 nitrogen and oxygen atoms in total. The van der Waals surface area contributed by atoms with Crippen molar-refractivity contribution in [3.8, 4) is 0 Å². The number of carbonyl (C=O) groups is 1. The van der Waals surface area contributed by atoms with Gasteiger partial charge >= 0.3 is 0 Å². The molecule has 0 aliphatic carbocycles. The van der Waals surface area contributed by atoms with Crippen LogP contribution in [0.1, 0.15) is 10.4 Å². The van der Waals surface area contributed by atoms with E-state index in [0.717, 1.165) is 0 Å². The largest absolute Gasteiger partial charge is 0.397 e. The van der Waals surface area contributed by atoms with E-state index in [9.17, 15) is 14.9 Å². The molecule has 3 N–H and O–H groups in total. The quantitative estimate of drug-likeness (QED) is 0.451. The number of anilines is 2. The lowest BCUT2D eigenvalue weighted by molar-refractivity contribution is -0.384. The Morgan fingerprint density at radius 1 is 1.14 bits per heavy atom. The fourth-order valence-electron chi connectivity index (χ4n) is 1.59. The van der Waals surface area contributed by atoms with Gasteiger partial charge in [0, 0.05) is 32.3 Å². The predicted molar refractivity (Wildman–Crippen MR) is 87.3 cm³/mol. The molecule has 2 aromatic carbocycles. The van der Waals surface area contributed by atoms with Crippen molar-refractivity contribution in [2.75, 3.05) is 11.1 Å². The number of carbonyl (C=O) groups excluding carboxylic acids is 1. The maximum atomic E-state index is 12.1. The molecule has 0 radical (unpaired) electrons. The van der Waals surface area contributed by atoms with Crippen molar-refractivity contribution < 1.29 is 9.72 Å². The molecule has 0 fully saturated rings. The highest BCUT2D eigenvalue weighted by Crippen LogP contribution is 2.31. The van der Waals surface area contributed by atoms with Crippen LogP contribution in [0.3, 0.4) is 0 Å². The maximum absolute atomic E-state index is 12.1. The van der Waals surface area contributed by atoms with Gasteiger partial charge in [0.05, 0.1) is 10.6 Å². The van der Waals surface area contributed by atoms with Gasteiger partial charge in [0.2, 0.25) is 0 Å². The molecule has 0 spiro atoms. The summed E-state index contributed by atoms with van der Waals surface area (Å²) in [7, 11) is 0. The predicted octanol–water partition coefficient (Wildman–Crippen LogP) is 3.95. The summed E-state index contributed by atoms with van der Waals surface area (Å²) in [6.07, 6.45) is 0. The second kappa shape index (κ2) is 6.23. The minimum absolute atomic E-state index is 0.0653. The normalized spacial score (nSPS) is 10.2. The van der Waals surface area contributed by atoms with E-state index in [2.05, 4.69) is 37.2 Å². The van der Waals surface area contributed by atoms with E-state index in [1.54, 1.807) is 12.1 Å². The lowest BCUT2D eigenvalue weighted by atomic mass is 10.2. The van der Waals surface area contributed by atoms with Gasteiger partial charge in [-0.1, -0.05) is 0 Å². The summed E-state index contributed by atoms with van der Waals surface area (Å²) in [5.41, 5.74) is 7.10. The Morgan fingerprint density at radius 3 is 2.14 bits per heavy atom. The first-order chi connectivity index (χ1) is 9.88. The lowest BCUT2D eigenvalue weighted by Gasteiger charge is -2.08. The Balaban J connectivity index is 2.20. The Kier molecular flexibility index (Phi) is 4.59. The van der Waals surface area contributed by atoms with Crippen LogP contribution in [0.5, 0.6) is 0 Å². The smallest absolute Gasteiger partial charge is 0.269 e. The molecule has 0 atom stereocenters. The first kappa shape index (κ1) is 15.5. The number of rotatable bonds is 3. The van der Waals surface area contributed by atoms with Crippen molar-refractivity contribution in [1.82, 2.24) is 0 Å². The van der Waals surface area contributed by atoms with Crippen LogP contribution in [-0.4, -0.2) is 10.8 Å². The number of nitro groups is 1. The molecule has 0 aromatic heterocycles. The topological polar surface area (TPSA) is 98.3 Å². The number of nitrogens with two attached hydrogens (primary N) is 1. The molecular weight excluding hydrogens is 406 g/mol. The molecule has 0 saturated carbocycles. The number of nitrogens with zero attached hydrogens (tertiary/aromatic N) is 1. The Bertz CT molecular complexity index is 694. The minimum atomic E-state index is -0.518. The third-order valence-corrected chi connectivity index (χ3v) is 3.99. The average molecular weight is 415 g/mol. The van der Waals surface area contributed by atoms with Crippen LogP contribution in [0.4, 0.5) is 17.1 Å². The van der Waals surface area contributed by atoms with Crippen LogP contribution in [0.15, 0.2) is 45.3 Å². The third kappa shape index (κ3) is 3.59. The third-order valence-electron chi connectivity index (χ3n) is 2.68. The van der Waals surface area contributed by atoms with E-state index in [4.69, 9.17) is 5.73 Å². The number of amides is 1. The van der Waals surface area contributed by atoms with E-state index in [1.807, 2.05) is 0 Å². The number of non-ortho nitro benzene ring substituents is 1. The first-order valence-corrected chi connectivity index (χ1v) is 7.27. The molecule has 21 heavy (non-hydrogen) atoms. The average Bonchev–Trinajstić information content (AvgIpc) is 2.44. The molecule has 0 aliphatic rings. The fraction of sp³-hybridized carbons (Fsp3) is 0.